The predicted molar refractivity (Wildman–Crippen MR) is 70.0 cm³/mol. The van der Waals surface area contributed by atoms with Crippen LogP contribution in [-0.4, -0.2) is 23.9 Å². The van der Waals surface area contributed by atoms with Crippen molar-refractivity contribution in [1.82, 2.24) is 9.97 Å². The molecule has 0 amide bonds. The van der Waals surface area contributed by atoms with Gasteiger partial charge in [-0.3, -0.25) is 0 Å². The van der Waals surface area contributed by atoms with Crippen molar-refractivity contribution in [3.05, 3.63) is 34.6 Å². The van der Waals surface area contributed by atoms with Crippen molar-refractivity contribution in [2.75, 3.05) is 0 Å². The topological polar surface area (TPSA) is 62.8 Å². The molecule has 2 rings (SSSR count). The summed E-state index contributed by atoms with van der Waals surface area (Å²) < 4.78 is 96.9. The zero-order chi connectivity index (χ0) is 17.6. The molecule has 0 unspecified atom stereocenters. The van der Waals surface area contributed by atoms with Gasteiger partial charge < -0.3 is 4.98 Å². The van der Waals surface area contributed by atoms with Gasteiger partial charge in [0.15, 0.2) is 5.69 Å². The lowest BCUT2D eigenvalue weighted by atomic mass is 10.2. The zero-order valence-corrected chi connectivity index (χ0v) is 13.0. The number of nitrogens with one attached hydrogen (secondary N) is 1. The van der Waals surface area contributed by atoms with Crippen LogP contribution in [0.3, 0.4) is 0 Å². The number of rotatable bonds is 2. The van der Waals surface area contributed by atoms with Crippen molar-refractivity contribution >= 4 is 25.8 Å². The van der Waals surface area contributed by atoms with Crippen LogP contribution in [0.1, 0.15) is 5.69 Å². The molecule has 0 spiro atoms. The van der Waals surface area contributed by atoms with E-state index in [4.69, 9.17) is 0 Å². The number of hydrogen-bond donors (Lipinski definition) is 1. The molecule has 0 radical (unpaired) electrons. The average molecular weight is 423 g/mol. The Morgan fingerprint density at radius 2 is 1.52 bits per heavy atom. The number of alkyl halides is 6. The number of sulfone groups is 1. The number of aromatic amines is 1. The largest absolute Gasteiger partial charge is 0.501 e. The number of benzene rings is 1. The molecule has 0 aliphatic heterocycles. The Balaban J connectivity index is 2.42. The molecule has 0 saturated heterocycles. The summed E-state index contributed by atoms with van der Waals surface area (Å²) in [6, 6.07) is 3.12. The molecule has 0 aliphatic rings. The lowest BCUT2D eigenvalue weighted by molar-refractivity contribution is -0.141. The van der Waals surface area contributed by atoms with Gasteiger partial charge in [-0.05, 0) is 40.2 Å². The van der Waals surface area contributed by atoms with Gasteiger partial charge in [-0.2, -0.15) is 26.3 Å². The predicted octanol–water partition coefficient (Wildman–Crippen LogP) is 4.15. The summed E-state index contributed by atoms with van der Waals surface area (Å²) >= 11 is 2.62. The minimum Gasteiger partial charge on any atom is -0.333 e. The quantitative estimate of drug-likeness (QED) is 0.739. The minimum atomic E-state index is -5.52. The summed E-state index contributed by atoms with van der Waals surface area (Å²) in [6.07, 6.45) is -4.70. The van der Waals surface area contributed by atoms with Gasteiger partial charge in [-0.1, -0.05) is 0 Å². The third kappa shape index (κ3) is 3.37. The zero-order valence-electron chi connectivity index (χ0n) is 10.6. The molecule has 4 nitrogen and oxygen atoms in total. The molecule has 126 valence electrons. The number of aromatic nitrogens is 2. The lowest BCUT2D eigenvalue weighted by Crippen LogP contribution is -2.23. The fraction of sp³-hybridized carbons (Fsp3) is 0.182. The van der Waals surface area contributed by atoms with Crippen LogP contribution in [0.15, 0.2) is 33.8 Å². The molecule has 0 fully saturated rings. The Bertz CT molecular complexity index is 824. The molecule has 2 aromatic rings. The van der Waals surface area contributed by atoms with Gasteiger partial charge >= 0.3 is 11.7 Å². The van der Waals surface area contributed by atoms with Gasteiger partial charge in [0, 0.05) is 5.56 Å². The molecular weight excluding hydrogens is 418 g/mol. The van der Waals surface area contributed by atoms with E-state index in [9.17, 15) is 34.8 Å². The van der Waals surface area contributed by atoms with Crippen LogP contribution in [0.4, 0.5) is 26.3 Å². The van der Waals surface area contributed by atoms with E-state index in [1.54, 1.807) is 0 Å². The highest BCUT2D eigenvalue weighted by Crippen LogP contribution is 2.35. The molecular formula is C11H5BrF6N2O2S. The maximum absolute atomic E-state index is 12.6. The van der Waals surface area contributed by atoms with E-state index < -0.39 is 36.7 Å². The second-order valence-electron chi connectivity index (χ2n) is 4.22. The first-order valence-electron chi connectivity index (χ1n) is 5.58. The fourth-order valence-corrected chi connectivity index (χ4v) is 2.87. The van der Waals surface area contributed by atoms with Crippen molar-refractivity contribution in [3.63, 3.8) is 0 Å². The third-order valence-corrected chi connectivity index (χ3v) is 4.76. The highest BCUT2D eigenvalue weighted by atomic mass is 79.9. The SMILES string of the molecule is O=S(=O)(c1ccc(-c2nc(Br)c(C(F)(F)F)[nH]2)cc1)C(F)(F)F. The molecule has 1 N–H and O–H groups in total. The molecule has 1 heterocycles. The number of hydrogen-bond acceptors (Lipinski definition) is 3. The Labute approximate surface area is 133 Å². The summed E-state index contributed by atoms with van der Waals surface area (Å²) in [5.74, 6) is -0.278. The van der Waals surface area contributed by atoms with E-state index >= 15 is 0 Å². The monoisotopic (exact) mass is 422 g/mol. The second-order valence-corrected chi connectivity index (χ2v) is 6.91. The van der Waals surface area contributed by atoms with Gasteiger partial charge in [0.05, 0.1) is 4.90 Å². The van der Waals surface area contributed by atoms with Crippen LogP contribution in [0.25, 0.3) is 11.4 Å². The molecule has 1 aromatic carbocycles. The standard InChI is InChI=1S/C11H5BrF6N2O2S/c12-8-7(10(13,14)15)19-9(20-8)5-1-3-6(4-2-5)23(21,22)11(16,17)18/h1-4H,(H,19,20). The van der Waals surface area contributed by atoms with Crippen molar-refractivity contribution < 1.29 is 34.8 Å². The van der Waals surface area contributed by atoms with Gasteiger partial charge in [-0.15, -0.1) is 0 Å². The van der Waals surface area contributed by atoms with Crippen molar-refractivity contribution in [2.45, 2.75) is 16.6 Å². The van der Waals surface area contributed by atoms with E-state index in [1.807, 2.05) is 4.98 Å². The maximum Gasteiger partial charge on any atom is 0.501 e. The Morgan fingerprint density at radius 3 is 1.91 bits per heavy atom. The smallest absolute Gasteiger partial charge is 0.333 e. The van der Waals surface area contributed by atoms with E-state index in [-0.39, 0.29) is 11.4 Å². The third-order valence-electron chi connectivity index (χ3n) is 2.69. The summed E-state index contributed by atoms with van der Waals surface area (Å²) in [6.45, 7) is 0. The highest BCUT2D eigenvalue weighted by Gasteiger charge is 2.46. The molecule has 1 aromatic heterocycles. The van der Waals surface area contributed by atoms with E-state index in [2.05, 4.69) is 20.9 Å². The van der Waals surface area contributed by atoms with Gasteiger partial charge in [0.2, 0.25) is 0 Å². The van der Waals surface area contributed by atoms with Crippen molar-refractivity contribution in [3.8, 4) is 11.4 Å². The van der Waals surface area contributed by atoms with E-state index in [0.29, 0.717) is 12.1 Å². The minimum absolute atomic E-state index is 0.0117. The highest BCUT2D eigenvalue weighted by molar-refractivity contribution is 9.10. The van der Waals surface area contributed by atoms with Crippen molar-refractivity contribution in [2.24, 2.45) is 0 Å². The second kappa shape index (κ2) is 5.51. The van der Waals surface area contributed by atoms with Gasteiger partial charge in [0.1, 0.15) is 10.4 Å². The molecule has 0 bridgehead atoms. The van der Waals surface area contributed by atoms with Crippen LogP contribution in [0.5, 0.6) is 0 Å². The number of halogens is 7. The number of imidazole rings is 1. The van der Waals surface area contributed by atoms with E-state index in [0.717, 1.165) is 12.1 Å². The fourth-order valence-electron chi connectivity index (χ4n) is 1.60. The van der Waals surface area contributed by atoms with E-state index in [1.165, 1.54) is 0 Å². The first-order valence-corrected chi connectivity index (χ1v) is 7.86. The Hall–Kier alpha value is -1.56. The normalized spacial score (nSPS) is 13.3. The number of H-pyrrole nitrogens is 1. The Morgan fingerprint density at radius 1 is 1.00 bits per heavy atom. The van der Waals surface area contributed by atoms with Crippen molar-refractivity contribution in [1.29, 1.82) is 0 Å². The average Bonchev–Trinajstić information content (AvgIpc) is 2.79. The summed E-state index contributed by atoms with van der Waals surface area (Å²) in [4.78, 5) is 4.51. The number of nitrogens with zero attached hydrogens (tertiary/aromatic N) is 1. The summed E-state index contributed by atoms with van der Waals surface area (Å²) in [7, 11) is -5.52. The molecule has 0 saturated carbocycles. The molecule has 12 heteroatoms. The lowest BCUT2D eigenvalue weighted by Gasteiger charge is -2.08. The van der Waals surface area contributed by atoms with Crippen LogP contribution in [0.2, 0.25) is 0 Å². The molecule has 0 atom stereocenters. The first kappa shape index (κ1) is 17.8. The summed E-state index contributed by atoms with van der Waals surface area (Å²) in [5.41, 5.74) is -6.65. The van der Waals surface area contributed by atoms with Crippen LogP contribution >= 0.6 is 15.9 Å². The molecule has 23 heavy (non-hydrogen) atoms. The van der Waals surface area contributed by atoms with Crippen LogP contribution in [0, 0.1) is 0 Å². The van der Waals surface area contributed by atoms with Crippen LogP contribution < -0.4 is 0 Å². The Kier molecular flexibility index (Phi) is 4.26. The first-order chi connectivity index (χ1) is 10.3. The maximum atomic E-state index is 12.6. The van der Waals surface area contributed by atoms with Gasteiger partial charge in [-0.25, -0.2) is 13.4 Å². The summed E-state index contributed by atoms with van der Waals surface area (Å²) in [5, 5.41) is 0. The van der Waals surface area contributed by atoms with Crippen LogP contribution in [-0.2, 0) is 16.0 Å². The molecule has 0 aliphatic carbocycles. The van der Waals surface area contributed by atoms with Gasteiger partial charge in [0.25, 0.3) is 9.84 Å².